The molecule has 1 unspecified atom stereocenters. The van der Waals surface area contributed by atoms with Gasteiger partial charge >= 0.3 is 17.6 Å². The summed E-state index contributed by atoms with van der Waals surface area (Å²) in [4.78, 5) is 25.8. The summed E-state index contributed by atoms with van der Waals surface area (Å²) in [6.45, 7) is -0.629. The van der Waals surface area contributed by atoms with Gasteiger partial charge in [0.05, 0.1) is 0 Å². The first-order valence-corrected chi connectivity index (χ1v) is 6.58. The number of carbonyl (C=O) groups excluding carboxylic acids is 1. The Morgan fingerprint density at radius 1 is 1.64 bits per heavy atom. The smallest absolute Gasteiger partial charge is 0.351 e. The minimum atomic E-state index is -3.79. The molecule has 22 heavy (non-hydrogen) atoms. The summed E-state index contributed by atoms with van der Waals surface area (Å²) >= 11 is 5.20. The van der Waals surface area contributed by atoms with Gasteiger partial charge in [-0.1, -0.05) is 0 Å². The van der Waals surface area contributed by atoms with Crippen molar-refractivity contribution in [2.75, 3.05) is 18.2 Å². The number of hydrogen-bond donors (Lipinski definition) is 2. The molecule has 3 N–H and O–H groups in total. The van der Waals surface area contributed by atoms with E-state index in [2.05, 4.69) is 9.72 Å². The zero-order valence-electron chi connectivity index (χ0n) is 11.0. The summed E-state index contributed by atoms with van der Waals surface area (Å²) in [5, 5.41) is 9.62. The van der Waals surface area contributed by atoms with Gasteiger partial charge in [0.25, 0.3) is 0 Å². The highest BCUT2D eigenvalue weighted by atomic mass is 35.5. The summed E-state index contributed by atoms with van der Waals surface area (Å²) in [6.07, 6.45) is -4.91. The van der Waals surface area contributed by atoms with E-state index >= 15 is 0 Å². The quantitative estimate of drug-likeness (QED) is 0.561. The van der Waals surface area contributed by atoms with Crippen LogP contribution >= 0.6 is 11.6 Å². The largest absolute Gasteiger partial charge is 0.462 e. The van der Waals surface area contributed by atoms with Crippen molar-refractivity contribution in [1.82, 2.24) is 9.55 Å². The topological polar surface area (TPSA) is 117 Å². The fourth-order valence-corrected chi connectivity index (χ4v) is 2.00. The third-order valence-corrected chi connectivity index (χ3v) is 3.22. The van der Waals surface area contributed by atoms with E-state index in [4.69, 9.17) is 22.1 Å². The Hall–Kier alpha value is -1.78. The van der Waals surface area contributed by atoms with Crippen molar-refractivity contribution in [2.24, 2.45) is 0 Å². The number of hydrogen-bond acceptors (Lipinski definition) is 7. The number of halogens is 3. The maximum atomic E-state index is 14.1. The average Bonchev–Trinajstić information content (AvgIpc) is 2.68. The number of aromatic nitrogens is 2. The second-order valence-electron chi connectivity index (χ2n) is 4.51. The van der Waals surface area contributed by atoms with Crippen LogP contribution in [0.25, 0.3) is 0 Å². The number of ether oxygens (including phenoxy) is 2. The van der Waals surface area contributed by atoms with Gasteiger partial charge in [0.1, 0.15) is 24.4 Å². The number of nitrogens with two attached hydrogens (primary N) is 1. The number of alkyl halides is 3. The first-order chi connectivity index (χ1) is 10.3. The number of nitrogen functional groups attached to an aromatic ring is 1. The Kier molecular flexibility index (Phi) is 4.63. The molecule has 0 radical (unpaired) electrons. The molecule has 0 aromatic carbocycles. The van der Waals surface area contributed by atoms with Gasteiger partial charge in [-0.2, -0.15) is 13.8 Å². The second-order valence-corrected chi connectivity index (χ2v) is 4.77. The molecule has 11 heteroatoms. The van der Waals surface area contributed by atoms with Crippen LogP contribution in [0, 0.1) is 0 Å². The van der Waals surface area contributed by atoms with Crippen molar-refractivity contribution in [2.45, 2.75) is 24.4 Å². The Labute approximate surface area is 127 Å². The van der Waals surface area contributed by atoms with Crippen molar-refractivity contribution in [3.05, 3.63) is 22.7 Å². The maximum Gasteiger partial charge on any atom is 0.351 e. The molecular formula is C11H12ClF2N3O5. The van der Waals surface area contributed by atoms with Gasteiger partial charge in [-0.05, 0) is 6.07 Å². The lowest BCUT2D eigenvalue weighted by Gasteiger charge is -2.20. The fraction of sp³-hybridized carbons (Fsp3) is 0.545. The van der Waals surface area contributed by atoms with E-state index in [1.165, 1.54) is 0 Å². The maximum absolute atomic E-state index is 14.1. The molecule has 1 aromatic rings. The van der Waals surface area contributed by atoms with E-state index < -0.39 is 48.5 Å². The molecule has 8 nitrogen and oxygen atoms in total. The number of rotatable bonds is 4. The van der Waals surface area contributed by atoms with E-state index in [-0.39, 0.29) is 5.82 Å². The van der Waals surface area contributed by atoms with Crippen LogP contribution in [0.5, 0.6) is 0 Å². The highest BCUT2D eigenvalue weighted by Crippen LogP contribution is 2.42. The van der Waals surface area contributed by atoms with Gasteiger partial charge in [0, 0.05) is 6.20 Å². The van der Waals surface area contributed by atoms with E-state index in [1.54, 1.807) is 0 Å². The molecule has 1 aliphatic rings. The Morgan fingerprint density at radius 2 is 2.32 bits per heavy atom. The van der Waals surface area contributed by atoms with E-state index in [9.17, 15) is 23.5 Å². The van der Waals surface area contributed by atoms with Crippen LogP contribution in [0.3, 0.4) is 0 Å². The zero-order valence-corrected chi connectivity index (χ0v) is 11.7. The van der Waals surface area contributed by atoms with E-state index in [1.807, 2.05) is 0 Å². The van der Waals surface area contributed by atoms with Crippen molar-refractivity contribution in [1.29, 1.82) is 0 Å². The number of esters is 1. The van der Waals surface area contributed by atoms with E-state index in [0.29, 0.717) is 4.57 Å². The van der Waals surface area contributed by atoms with Crippen LogP contribution in [0.1, 0.15) is 6.23 Å². The molecule has 1 aliphatic heterocycles. The van der Waals surface area contributed by atoms with Crippen LogP contribution in [0.4, 0.5) is 14.6 Å². The van der Waals surface area contributed by atoms with Crippen molar-refractivity contribution in [3.8, 4) is 0 Å². The molecule has 1 saturated heterocycles. The minimum absolute atomic E-state index is 0.143. The molecule has 2 rings (SSSR count). The van der Waals surface area contributed by atoms with Gasteiger partial charge in [-0.3, -0.25) is 9.36 Å². The molecule has 2 heterocycles. The Morgan fingerprint density at radius 3 is 2.91 bits per heavy atom. The third kappa shape index (κ3) is 3.03. The Balaban J connectivity index is 2.22. The third-order valence-electron chi connectivity index (χ3n) is 3.00. The van der Waals surface area contributed by atoms with Gasteiger partial charge in [0.2, 0.25) is 6.23 Å². The lowest BCUT2D eigenvalue weighted by Crippen LogP contribution is -2.42. The lowest BCUT2D eigenvalue weighted by molar-refractivity contribution is -0.147. The SMILES string of the molecule is Nc1ccn([C@@H]2O[C@H](COC(=O)CCl)C(O)C2(F)F)c(=O)n1. The fourth-order valence-electron chi connectivity index (χ4n) is 1.92. The molecular weight excluding hydrogens is 328 g/mol. The predicted molar refractivity (Wildman–Crippen MR) is 69.5 cm³/mol. The molecule has 1 fully saturated rings. The highest BCUT2D eigenvalue weighted by Gasteiger charge is 2.60. The van der Waals surface area contributed by atoms with Gasteiger partial charge < -0.3 is 20.3 Å². The van der Waals surface area contributed by atoms with Crippen LogP contribution in [0.15, 0.2) is 17.1 Å². The molecule has 3 atom stereocenters. The van der Waals surface area contributed by atoms with Gasteiger partial charge in [-0.25, -0.2) is 4.79 Å². The van der Waals surface area contributed by atoms with Gasteiger partial charge in [-0.15, -0.1) is 11.6 Å². The van der Waals surface area contributed by atoms with Crippen LogP contribution < -0.4 is 11.4 Å². The first-order valence-electron chi connectivity index (χ1n) is 6.05. The van der Waals surface area contributed by atoms with Crippen LogP contribution in [-0.4, -0.2) is 51.2 Å². The second kappa shape index (κ2) is 6.15. The summed E-state index contributed by atoms with van der Waals surface area (Å²) in [5.41, 5.74) is 4.21. The molecule has 0 saturated carbocycles. The number of aliphatic hydroxyl groups excluding tert-OH is 1. The summed E-state index contributed by atoms with van der Waals surface area (Å²) in [5.74, 6) is -5.25. The van der Waals surface area contributed by atoms with Crippen LogP contribution in [0.2, 0.25) is 0 Å². The zero-order chi connectivity index (χ0) is 16.5. The number of aliphatic hydroxyl groups is 1. The predicted octanol–water partition coefficient (Wildman–Crippen LogP) is -0.499. The van der Waals surface area contributed by atoms with Crippen molar-refractivity contribution < 1.29 is 28.2 Å². The molecule has 0 spiro atoms. The number of carbonyl (C=O) groups is 1. The standard InChI is InChI=1S/C11H12ClF2N3O5/c12-3-7(18)21-4-5-8(19)11(13,14)9(22-5)17-2-1-6(15)16-10(17)20/h1-2,5,8-9,19H,3-4H2,(H2,15,16,20)/t5-,8?,9-/m1/s1. The van der Waals surface area contributed by atoms with Crippen molar-refractivity contribution >= 4 is 23.4 Å². The molecule has 0 aliphatic carbocycles. The molecule has 0 bridgehead atoms. The minimum Gasteiger partial charge on any atom is -0.462 e. The molecule has 0 amide bonds. The van der Waals surface area contributed by atoms with E-state index in [0.717, 1.165) is 12.3 Å². The number of anilines is 1. The molecule has 1 aromatic heterocycles. The lowest BCUT2D eigenvalue weighted by atomic mass is 10.1. The van der Waals surface area contributed by atoms with Gasteiger partial charge in [0.15, 0.2) is 6.10 Å². The average molecular weight is 340 g/mol. The highest BCUT2D eigenvalue weighted by molar-refractivity contribution is 6.26. The summed E-state index contributed by atoms with van der Waals surface area (Å²) in [7, 11) is 0. The number of nitrogens with zero attached hydrogens (tertiary/aromatic N) is 2. The monoisotopic (exact) mass is 339 g/mol. The summed E-state index contributed by atoms with van der Waals surface area (Å²) in [6, 6.07) is 1.13. The van der Waals surface area contributed by atoms with Crippen molar-refractivity contribution in [3.63, 3.8) is 0 Å². The molecule has 122 valence electrons. The summed E-state index contributed by atoms with van der Waals surface area (Å²) < 4.78 is 38.1. The first kappa shape index (κ1) is 16.6. The normalized spacial score (nSPS) is 26.8. The van der Waals surface area contributed by atoms with Crippen LogP contribution in [-0.2, 0) is 14.3 Å². The Bertz CT molecular complexity index is 626.